The van der Waals surface area contributed by atoms with Gasteiger partial charge in [-0.25, -0.2) is 4.79 Å². The molecule has 2 aromatic carbocycles. The van der Waals surface area contributed by atoms with Gasteiger partial charge in [-0.2, -0.15) is 13.2 Å². The van der Waals surface area contributed by atoms with E-state index >= 15 is 0 Å². The maximum Gasteiger partial charge on any atom is 0.416 e. The van der Waals surface area contributed by atoms with Crippen LogP contribution in [0, 0.1) is 0 Å². The molecular formula is C19H16BrClF3NO3. The van der Waals surface area contributed by atoms with E-state index in [0.717, 1.165) is 12.1 Å². The molecular weight excluding hydrogens is 463 g/mol. The Bertz CT molecular complexity index is 856. The van der Waals surface area contributed by atoms with E-state index in [1.54, 1.807) is 18.2 Å². The van der Waals surface area contributed by atoms with E-state index in [-0.39, 0.29) is 12.8 Å². The zero-order chi connectivity index (χ0) is 20.9. The molecule has 9 heteroatoms. The van der Waals surface area contributed by atoms with Gasteiger partial charge < -0.3 is 10.1 Å². The largest absolute Gasteiger partial charge is 0.467 e. The van der Waals surface area contributed by atoms with Crippen molar-refractivity contribution in [1.82, 2.24) is 5.32 Å². The van der Waals surface area contributed by atoms with Gasteiger partial charge in [0.05, 0.1) is 19.1 Å². The van der Waals surface area contributed by atoms with E-state index in [4.69, 9.17) is 16.3 Å². The molecule has 4 nitrogen and oxygen atoms in total. The summed E-state index contributed by atoms with van der Waals surface area (Å²) in [6, 6.07) is 8.34. The van der Waals surface area contributed by atoms with Gasteiger partial charge in [0.25, 0.3) is 0 Å². The van der Waals surface area contributed by atoms with Crippen molar-refractivity contribution in [3.63, 3.8) is 0 Å². The minimum atomic E-state index is -4.44. The second kappa shape index (κ2) is 9.43. The highest BCUT2D eigenvalue weighted by atomic mass is 79.9. The van der Waals surface area contributed by atoms with Crippen LogP contribution in [0.4, 0.5) is 13.2 Å². The third-order valence-electron chi connectivity index (χ3n) is 3.90. The summed E-state index contributed by atoms with van der Waals surface area (Å²) in [5.41, 5.74) is 0.283. The SMILES string of the molecule is COC(=O)[C@H](Cc1cc(Cl)ccc1Br)NC(=O)Cc1ccc(C(F)(F)F)cc1. The molecule has 0 bridgehead atoms. The number of halogens is 5. The number of ether oxygens (including phenoxy) is 1. The maximum absolute atomic E-state index is 12.6. The summed E-state index contributed by atoms with van der Waals surface area (Å²) in [5, 5.41) is 3.03. The van der Waals surface area contributed by atoms with Gasteiger partial charge in [-0.15, -0.1) is 0 Å². The first-order chi connectivity index (χ1) is 13.1. The zero-order valence-corrected chi connectivity index (χ0v) is 17.0. The predicted octanol–water partition coefficient (Wildman–Crippen LogP) is 4.56. The Kier molecular flexibility index (Phi) is 7.48. The molecule has 0 unspecified atom stereocenters. The van der Waals surface area contributed by atoms with Crippen molar-refractivity contribution >= 4 is 39.4 Å². The molecule has 2 aromatic rings. The summed E-state index contributed by atoms with van der Waals surface area (Å²) < 4.78 is 43.3. The third kappa shape index (κ3) is 6.24. The Morgan fingerprint density at radius 3 is 2.39 bits per heavy atom. The van der Waals surface area contributed by atoms with Crippen LogP contribution in [-0.2, 0) is 33.3 Å². The molecule has 0 aliphatic heterocycles. The lowest BCUT2D eigenvalue weighted by Crippen LogP contribution is -2.43. The average molecular weight is 479 g/mol. The molecule has 0 spiro atoms. The Labute approximate surface area is 173 Å². The lowest BCUT2D eigenvalue weighted by molar-refractivity contribution is -0.145. The predicted molar refractivity (Wildman–Crippen MR) is 102 cm³/mol. The highest BCUT2D eigenvalue weighted by Gasteiger charge is 2.30. The Morgan fingerprint density at radius 2 is 1.82 bits per heavy atom. The minimum Gasteiger partial charge on any atom is -0.467 e. The topological polar surface area (TPSA) is 55.4 Å². The summed E-state index contributed by atoms with van der Waals surface area (Å²) in [4.78, 5) is 24.3. The van der Waals surface area contributed by atoms with Gasteiger partial charge >= 0.3 is 12.1 Å². The van der Waals surface area contributed by atoms with Crippen LogP contribution in [0.2, 0.25) is 5.02 Å². The fraction of sp³-hybridized carbons (Fsp3) is 0.263. The molecule has 1 N–H and O–H groups in total. The maximum atomic E-state index is 12.6. The number of esters is 1. The van der Waals surface area contributed by atoms with Crippen molar-refractivity contribution in [3.05, 3.63) is 68.7 Å². The van der Waals surface area contributed by atoms with Crippen molar-refractivity contribution in [2.45, 2.75) is 25.1 Å². The first kappa shape index (κ1) is 22.2. The van der Waals surface area contributed by atoms with E-state index in [0.29, 0.717) is 20.6 Å². The number of nitrogens with one attached hydrogen (secondary N) is 1. The van der Waals surface area contributed by atoms with Gasteiger partial charge in [0.15, 0.2) is 0 Å². The highest BCUT2D eigenvalue weighted by Crippen LogP contribution is 2.29. The summed E-state index contributed by atoms with van der Waals surface area (Å²) >= 11 is 9.32. The minimum absolute atomic E-state index is 0.132. The van der Waals surface area contributed by atoms with Crippen molar-refractivity contribution in [2.75, 3.05) is 7.11 Å². The number of rotatable bonds is 6. The van der Waals surface area contributed by atoms with Crippen LogP contribution >= 0.6 is 27.5 Å². The smallest absolute Gasteiger partial charge is 0.416 e. The van der Waals surface area contributed by atoms with Gasteiger partial charge in [-0.1, -0.05) is 39.7 Å². The Morgan fingerprint density at radius 1 is 1.18 bits per heavy atom. The van der Waals surface area contributed by atoms with Crippen molar-refractivity contribution in [3.8, 4) is 0 Å². The fourth-order valence-electron chi connectivity index (χ4n) is 2.50. The summed E-state index contributed by atoms with van der Waals surface area (Å²) in [6.45, 7) is 0. The van der Waals surface area contributed by atoms with Crippen molar-refractivity contribution in [1.29, 1.82) is 0 Å². The van der Waals surface area contributed by atoms with E-state index in [2.05, 4.69) is 21.2 Å². The number of methoxy groups -OCH3 is 1. The van der Waals surface area contributed by atoms with Crippen LogP contribution in [-0.4, -0.2) is 25.0 Å². The number of carbonyl (C=O) groups excluding carboxylic acids is 2. The number of benzene rings is 2. The lowest BCUT2D eigenvalue weighted by atomic mass is 10.0. The number of amides is 1. The summed E-state index contributed by atoms with van der Waals surface area (Å²) in [6.07, 6.45) is -4.49. The van der Waals surface area contributed by atoms with Crippen LogP contribution in [0.15, 0.2) is 46.9 Å². The highest BCUT2D eigenvalue weighted by molar-refractivity contribution is 9.10. The van der Waals surface area contributed by atoms with Gasteiger partial charge in [-0.05, 0) is 41.5 Å². The molecule has 1 amide bonds. The molecule has 0 fully saturated rings. The molecule has 28 heavy (non-hydrogen) atoms. The standard InChI is InChI=1S/C19H16BrClF3NO3/c1-28-18(27)16(10-12-9-14(21)6-7-15(12)20)25-17(26)8-11-2-4-13(5-3-11)19(22,23)24/h2-7,9,16H,8,10H2,1H3,(H,25,26)/t16-/m0/s1. The second-order valence-electron chi connectivity index (χ2n) is 5.95. The molecule has 2 rings (SSSR count). The lowest BCUT2D eigenvalue weighted by Gasteiger charge is -2.18. The second-order valence-corrected chi connectivity index (χ2v) is 7.25. The molecule has 0 aliphatic carbocycles. The molecule has 0 saturated heterocycles. The van der Waals surface area contributed by atoms with Gasteiger partial charge in [0.2, 0.25) is 5.91 Å². The molecule has 0 saturated carbocycles. The Balaban J connectivity index is 2.08. The normalized spacial score (nSPS) is 12.4. The van der Waals surface area contributed by atoms with E-state index in [1.165, 1.54) is 19.2 Å². The zero-order valence-electron chi connectivity index (χ0n) is 14.6. The molecule has 0 radical (unpaired) electrons. The third-order valence-corrected chi connectivity index (χ3v) is 4.91. The van der Waals surface area contributed by atoms with Gasteiger partial charge in [0, 0.05) is 15.9 Å². The average Bonchev–Trinajstić information content (AvgIpc) is 2.63. The molecule has 0 aliphatic rings. The Hall–Kier alpha value is -2.06. The van der Waals surface area contributed by atoms with Crippen LogP contribution < -0.4 is 5.32 Å². The number of alkyl halides is 3. The molecule has 0 heterocycles. The molecule has 150 valence electrons. The molecule has 1 atom stereocenters. The first-order valence-electron chi connectivity index (χ1n) is 8.07. The van der Waals surface area contributed by atoms with E-state index in [9.17, 15) is 22.8 Å². The summed E-state index contributed by atoms with van der Waals surface area (Å²) in [5.74, 6) is -1.17. The summed E-state index contributed by atoms with van der Waals surface area (Å²) in [7, 11) is 1.20. The monoisotopic (exact) mass is 477 g/mol. The van der Waals surface area contributed by atoms with Crippen LogP contribution in [0.1, 0.15) is 16.7 Å². The molecule has 0 aromatic heterocycles. The van der Waals surface area contributed by atoms with Crippen LogP contribution in [0.5, 0.6) is 0 Å². The van der Waals surface area contributed by atoms with E-state index < -0.39 is 29.7 Å². The van der Waals surface area contributed by atoms with Crippen molar-refractivity contribution < 1.29 is 27.5 Å². The van der Waals surface area contributed by atoms with Crippen molar-refractivity contribution in [2.24, 2.45) is 0 Å². The number of carbonyl (C=O) groups is 2. The van der Waals surface area contributed by atoms with Gasteiger partial charge in [-0.3, -0.25) is 4.79 Å². The first-order valence-corrected chi connectivity index (χ1v) is 9.24. The quantitative estimate of drug-likeness (QED) is 0.619. The fourth-order valence-corrected chi connectivity index (χ4v) is 3.10. The van der Waals surface area contributed by atoms with Crippen LogP contribution in [0.25, 0.3) is 0 Å². The van der Waals surface area contributed by atoms with E-state index in [1.807, 2.05) is 0 Å². The number of hydrogen-bond acceptors (Lipinski definition) is 3. The number of hydrogen-bond donors (Lipinski definition) is 1. The van der Waals surface area contributed by atoms with Crippen LogP contribution in [0.3, 0.4) is 0 Å². The van der Waals surface area contributed by atoms with Gasteiger partial charge in [0.1, 0.15) is 6.04 Å².